The van der Waals surface area contributed by atoms with Gasteiger partial charge in [-0.15, -0.1) is 0 Å². The summed E-state index contributed by atoms with van der Waals surface area (Å²) in [5.41, 5.74) is 4.25. The van der Waals surface area contributed by atoms with Crippen LogP contribution in [0, 0.1) is 12.7 Å². The van der Waals surface area contributed by atoms with Crippen molar-refractivity contribution in [3.63, 3.8) is 0 Å². The highest BCUT2D eigenvalue weighted by molar-refractivity contribution is 5.94. The molecule has 2 aromatic carbocycles. The lowest BCUT2D eigenvalue weighted by Gasteiger charge is -2.29. The van der Waals surface area contributed by atoms with Gasteiger partial charge in [0, 0.05) is 47.7 Å². The Kier molecular flexibility index (Phi) is 7.40. The number of aliphatic hydroxyl groups excluding tert-OH is 1. The van der Waals surface area contributed by atoms with Crippen LogP contribution in [0.5, 0.6) is 0 Å². The molecule has 1 aliphatic heterocycles. The largest absolute Gasteiger partial charge is 0.382 e. The van der Waals surface area contributed by atoms with E-state index in [1.54, 1.807) is 19.1 Å². The zero-order valence-corrected chi connectivity index (χ0v) is 19.6. The van der Waals surface area contributed by atoms with Gasteiger partial charge in [-0.3, -0.25) is 9.97 Å². The number of aromatic nitrogens is 4. The zero-order chi connectivity index (χ0) is 24.1. The highest BCUT2D eigenvalue weighted by Gasteiger charge is 2.21. The van der Waals surface area contributed by atoms with Gasteiger partial charge in [0.1, 0.15) is 18.2 Å². The van der Waals surface area contributed by atoms with Crippen molar-refractivity contribution in [3.05, 3.63) is 77.9 Å². The van der Waals surface area contributed by atoms with Crippen molar-refractivity contribution in [1.29, 1.82) is 0 Å². The minimum Gasteiger partial charge on any atom is -0.382 e. The quantitative estimate of drug-likeness (QED) is 0.480. The van der Waals surface area contributed by atoms with Crippen LogP contribution in [0.25, 0.3) is 22.2 Å². The fraction of sp³-hybridized carbons (Fsp3) is 0.308. The topological polar surface area (TPSA) is 84.3 Å². The summed E-state index contributed by atoms with van der Waals surface area (Å²) in [4.78, 5) is 19.5. The minimum atomic E-state index is -1.23. The van der Waals surface area contributed by atoms with Crippen molar-refractivity contribution in [2.75, 3.05) is 31.2 Å². The highest BCUT2D eigenvalue weighted by atomic mass is 19.1. The van der Waals surface area contributed by atoms with Crippen molar-refractivity contribution in [2.24, 2.45) is 0 Å². The molecule has 1 N–H and O–H groups in total. The van der Waals surface area contributed by atoms with Gasteiger partial charge in [0.15, 0.2) is 0 Å². The first kappa shape index (κ1) is 23.7. The number of anilines is 1. The number of morpholine rings is 1. The van der Waals surface area contributed by atoms with Gasteiger partial charge in [-0.2, -0.15) is 0 Å². The van der Waals surface area contributed by atoms with Gasteiger partial charge in [0.2, 0.25) is 0 Å². The second-order valence-electron chi connectivity index (χ2n) is 7.69. The predicted octanol–water partition coefficient (Wildman–Crippen LogP) is 4.48. The van der Waals surface area contributed by atoms with E-state index in [9.17, 15) is 9.50 Å². The minimum absolute atomic E-state index is 0.128. The van der Waals surface area contributed by atoms with Crippen molar-refractivity contribution in [3.8, 4) is 11.3 Å². The predicted molar refractivity (Wildman–Crippen MR) is 130 cm³/mol. The summed E-state index contributed by atoms with van der Waals surface area (Å²) in [7, 11) is 0. The SMILES string of the molecule is CC.Cc1nccnc1C(O)c1cc(-c2ncnc3cc(N4CCOCC4)ccc23)ccc1F. The van der Waals surface area contributed by atoms with E-state index in [0.29, 0.717) is 35.9 Å². The molecule has 4 aromatic rings. The number of nitrogens with zero attached hydrogens (tertiary/aromatic N) is 5. The summed E-state index contributed by atoms with van der Waals surface area (Å²) in [6, 6.07) is 10.7. The monoisotopic (exact) mass is 461 g/mol. The molecule has 0 amide bonds. The average molecular weight is 462 g/mol. The van der Waals surface area contributed by atoms with Crippen LogP contribution in [0.3, 0.4) is 0 Å². The summed E-state index contributed by atoms with van der Waals surface area (Å²) in [6.07, 6.45) is 3.30. The Morgan fingerprint density at radius 3 is 2.50 bits per heavy atom. The van der Waals surface area contributed by atoms with Gasteiger partial charge < -0.3 is 14.7 Å². The summed E-state index contributed by atoms with van der Waals surface area (Å²) in [5, 5.41) is 11.7. The molecule has 1 atom stereocenters. The number of aliphatic hydroxyl groups is 1. The first-order valence-electron chi connectivity index (χ1n) is 11.4. The number of aryl methyl sites for hydroxylation is 1. The normalized spacial score (nSPS) is 14.4. The molecule has 0 aliphatic carbocycles. The maximum absolute atomic E-state index is 14.7. The molecule has 5 rings (SSSR count). The van der Waals surface area contributed by atoms with E-state index >= 15 is 0 Å². The highest BCUT2D eigenvalue weighted by Crippen LogP contribution is 2.32. The van der Waals surface area contributed by atoms with Crippen LogP contribution < -0.4 is 4.90 Å². The number of fused-ring (bicyclic) bond motifs is 1. The Hall–Kier alpha value is -3.49. The van der Waals surface area contributed by atoms with Crippen LogP contribution >= 0.6 is 0 Å². The number of halogens is 1. The van der Waals surface area contributed by atoms with Crippen LogP contribution in [0.4, 0.5) is 10.1 Å². The molecule has 0 saturated carbocycles. The number of ether oxygens (including phenoxy) is 1. The molecule has 0 spiro atoms. The van der Waals surface area contributed by atoms with Gasteiger partial charge in [0.25, 0.3) is 0 Å². The van der Waals surface area contributed by atoms with Crippen molar-refractivity contribution >= 4 is 16.6 Å². The fourth-order valence-electron chi connectivity index (χ4n) is 4.03. The maximum atomic E-state index is 14.7. The Labute approximate surface area is 198 Å². The molecular formula is C26H28FN5O2. The molecule has 0 bridgehead atoms. The maximum Gasteiger partial charge on any atom is 0.129 e. The third-order valence-corrected chi connectivity index (χ3v) is 5.74. The molecule has 176 valence electrons. The molecule has 1 aliphatic rings. The zero-order valence-electron chi connectivity index (χ0n) is 19.6. The second-order valence-corrected chi connectivity index (χ2v) is 7.69. The number of hydrogen-bond donors (Lipinski definition) is 1. The van der Waals surface area contributed by atoms with Crippen LogP contribution in [0.15, 0.2) is 55.1 Å². The summed E-state index contributed by atoms with van der Waals surface area (Å²) < 4.78 is 20.1. The third kappa shape index (κ3) is 4.73. The average Bonchev–Trinajstić information content (AvgIpc) is 2.90. The van der Waals surface area contributed by atoms with Gasteiger partial charge in [-0.25, -0.2) is 14.4 Å². The molecule has 1 fully saturated rings. The van der Waals surface area contributed by atoms with E-state index in [-0.39, 0.29) is 5.56 Å². The molecule has 0 radical (unpaired) electrons. The lowest BCUT2D eigenvalue weighted by Crippen LogP contribution is -2.36. The first-order chi connectivity index (χ1) is 16.6. The number of hydrogen-bond acceptors (Lipinski definition) is 7. The molecule has 2 aromatic heterocycles. The summed E-state index contributed by atoms with van der Waals surface area (Å²) in [6.45, 7) is 8.82. The van der Waals surface area contributed by atoms with Crippen molar-refractivity contribution in [1.82, 2.24) is 19.9 Å². The van der Waals surface area contributed by atoms with Crippen LogP contribution in [-0.2, 0) is 4.74 Å². The molecule has 3 heterocycles. The van der Waals surface area contributed by atoms with E-state index in [1.807, 2.05) is 32.0 Å². The second kappa shape index (κ2) is 10.6. The van der Waals surface area contributed by atoms with E-state index < -0.39 is 11.9 Å². The lowest BCUT2D eigenvalue weighted by atomic mass is 9.98. The van der Waals surface area contributed by atoms with Crippen molar-refractivity contribution < 1.29 is 14.2 Å². The molecule has 8 heteroatoms. The van der Waals surface area contributed by atoms with E-state index in [2.05, 4.69) is 24.8 Å². The van der Waals surface area contributed by atoms with Crippen LogP contribution in [-0.4, -0.2) is 51.3 Å². The van der Waals surface area contributed by atoms with E-state index in [0.717, 1.165) is 29.7 Å². The summed E-state index contributed by atoms with van der Waals surface area (Å²) in [5.74, 6) is -0.515. The molecular weight excluding hydrogens is 433 g/mol. The third-order valence-electron chi connectivity index (χ3n) is 5.74. The molecule has 1 saturated heterocycles. The van der Waals surface area contributed by atoms with E-state index in [4.69, 9.17) is 4.74 Å². The summed E-state index contributed by atoms with van der Waals surface area (Å²) >= 11 is 0. The van der Waals surface area contributed by atoms with Gasteiger partial charge in [0.05, 0.1) is 35.8 Å². The number of rotatable bonds is 4. The smallest absolute Gasteiger partial charge is 0.129 e. The van der Waals surface area contributed by atoms with Gasteiger partial charge >= 0.3 is 0 Å². The van der Waals surface area contributed by atoms with E-state index in [1.165, 1.54) is 24.8 Å². The molecule has 1 unspecified atom stereocenters. The number of benzene rings is 2. The molecule has 34 heavy (non-hydrogen) atoms. The van der Waals surface area contributed by atoms with Gasteiger partial charge in [-0.1, -0.05) is 13.8 Å². The van der Waals surface area contributed by atoms with Crippen LogP contribution in [0.1, 0.15) is 36.9 Å². The fourth-order valence-corrected chi connectivity index (χ4v) is 4.03. The van der Waals surface area contributed by atoms with Crippen LogP contribution in [0.2, 0.25) is 0 Å². The Morgan fingerprint density at radius 2 is 1.74 bits per heavy atom. The molecule has 7 nitrogen and oxygen atoms in total. The Balaban J connectivity index is 0.00000133. The standard InChI is InChI=1S/C24H22FN5O2.C2H6/c1-15-22(27-7-6-26-15)24(31)19-12-16(2-5-20(19)25)23-18-4-3-17(13-21(18)28-14-29-23)30-8-10-32-11-9-30;1-2/h2-7,12-14,24,31H,8-11H2,1H3;1-2H3. The Morgan fingerprint density at radius 1 is 0.971 bits per heavy atom. The van der Waals surface area contributed by atoms with Crippen molar-refractivity contribution in [2.45, 2.75) is 26.9 Å². The first-order valence-corrected chi connectivity index (χ1v) is 11.4. The van der Waals surface area contributed by atoms with Gasteiger partial charge in [-0.05, 0) is 43.3 Å². The lowest BCUT2D eigenvalue weighted by molar-refractivity contribution is 0.122. The Bertz CT molecular complexity index is 1280.